The summed E-state index contributed by atoms with van der Waals surface area (Å²) < 4.78 is 16.2. The van der Waals surface area contributed by atoms with Gasteiger partial charge >= 0.3 is 0 Å². The Morgan fingerprint density at radius 2 is 1.67 bits per heavy atom. The van der Waals surface area contributed by atoms with Crippen molar-refractivity contribution in [3.05, 3.63) is 60.9 Å². The fraction of sp³-hybridized carbons (Fsp3) is 0.160. The first-order valence-corrected chi connectivity index (χ1v) is 10.2. The van der Waals surface area contributed by atoms with Crippen LogP contribution in [-0.4, -0.2) is 37.2 Å². The molecule has 1 heterocycles. The van der Waals surface area contributed by atoms with E-state index in [0.717, 1.165) is 27.7 Å². The monoisotopic (exact) mass is 444 g/mol. The van der Waals surface area contributed by atoms with Gasteiger partial charge in [-0.25, -0.2) is 4.98 Å². The number of rotatable bonds is 7. The molecule has 0 bridgehead atoms. The summed E-state index contributed by atoms with van der Waals surface area (Å²) in [5.41, 5.74) is 3.10. The second kappa shape index (κ2) is 9.44. The zero-order chi connectivity index (χ0) is 23.4. The van der Waals surface area contributed by atoms with Crippen molar-refractivity contribution in [1.29, 1.82) is 0 Å². The number of aromatic nitrogens is 2. The molecule has 0 unspecified atom stereocenters. The number of carbonyl (C=O) groups excluding carboxylic acids is 1. The van der Waals surface area contributed by atoms with Crippen LogP contribution in [-0.2, 0) is 4.79 Å². The van der Waals surface area contributed by atoms with Gasteiger partial charge in [0.25, 0.3) is 0 Å². The Labute approximate surface area is 191 Å². The number of hydrogen-bond donors (Lipinski definition) is 2. The zero-order valence-corrected chi connectivity index (χ0v) is 18.8. The lowest BCUT2D eigenvalue weighted by molar-refractivity contribution is -0.114. The van der Waals surface area contributed by atoms with Gasteiger partial charge in [0.1, 0.15) is 5.82 Å². The third kappa shape index (κ3) is 4.64. The van der Waals surface area contributed by atoms with Crippen LogP contribution < -0.4 is 24.8 Å². The first-order valence-electron chi connectivity index (χ1n) is 10.2. The second-order valence-corrected chi connectivity index (χ2v) is 7.25. The Balaban J connectivity index is 1.66. The maximum atomic E-state index is 11.5. The first-order chi connectivity index (χ1) is 16.0. The van der Waals surface area contributed by atoms with E-state index in [-0.39, 0.29) is 5.91 Å². The fourth-order valence-corrected chi connectivity index (χ4v) is 3.61. The molecule has 1 aromatic heterocycles. The van der Waals surface area contributed by atoms with Gasteiger partial charge in [-0.1, -0.05) is 24.3 Å². The van der Waals surface area contributed by atoms with Crippen LogP contribution in [0.15, 0.2) is 60.9 Å². The topological polar surface area (TPSA) is 94.6 Å². The summed E-state index contributed by atoms with van der Waals surface area (Å²) in [6, 6.07) is 15.3. The van der Waals surface area contributed by atoms with Gasteiger partial charge in [-0.2, -0.15) is 0 Å². The number of anilines is 3. The van der Waals surface area contributed by atoms with Crippen molar-refractivity contribution in [3.63, 3.8) is 0 Å². The van der Waals surface area contributed by atoms with Crippen LogP contribution in [0.1, 0.15) is 6.92 Å². The summed E-state index contributed by atoms with van der Waals surface area (Å²) in [5.74, 6) is 2.04. The summed E-state index contributed by atoms with van der Waals surface area (Å²) in [5, 5.41) is 8.05. The molecule has 0 spiro atoms. The van der Waals surface area contributed by atoms with E-state index in [4.69, 9.17) is 19.2 Å². The molecule has 8 nitrogen and oxygen atoms in total. The maximum absolute atomic E-state index is 11.5. The highest BCUT2D eigenvalue weighted by atomic mass is 16.5. The Morgan fingerprint density at radius 3 is 2.33 bits per heavy atom. The molecule has 0 fully saturated rings. The van der Waals surface area contributed by atoms with Crippen LogP contribution in [0.3, 0.4) is 0 Å². The lowest BCUT2D eigenvalue weighted by Gasteiger charge is -2.15. The van der Waals surface area contributed by atoms with Crippen molar-refractivity contribution in [3.8, 4) is 28.5 Å². The summed E-state index contributed by atoms with van der Waals surface area (Å²) in [4.78, 5) is 20.5. The summed E-state index contributed by atoms with van der Waals surface area (Å²) in [7, 11) is 4.70. The van der Waals surface area contributed by atoms with Crippen LogP contribution in [0.5, 0.6) is 17.2 Å². The van der Waals surface area contributed by atoms with Gasteiger partial charge in [-0.3, -0.25) is 9.78 Å². The fourth-order valence-electron chi connectivity index (χ4n) is 3.61. The molecule has 0 atom stereocenters. The van der Waals surface area contributed by atoms with E-state index in [1.165, 1.54) is 6.92 Å². The number of hydrogen-bond acceptors (Lipinski definition) is 7. The molecule has 4 aromatic rings. The molecule has 3 aromatic carbocycles. The Kier molecular flexibility index (Phi) is 6.26. The number of amides is 1. The normalized spacial score (nSPS) is 10.5. The largest absolute Gasteiger partial charge is 0.493 e. The van der Waals surface area contributed by atoms with E-state index in [2.05, 4.69) is 15.6 Å². The second-order valence-electron chi connectivity index (χ2n) is 7.25. The highest BCUT2D eigenvalue weighted by Crippen LogP contribution is 2.40. The number of benzene rings is 3. The van der Waals surface area contributed by atoms with Crippen molar-refractivity contribution in [2.45, 2.75) is 6.92 Å². The smallest absolute Gasteiger partial charge is 0.221 e. The number of nitrogens with one attached hydrogen (secondary N) is 2. The number of nitrogens with zero attached hydrogens (tertiary/aromatic N) is 2. The third-order valence-electron chi connectivity index (χ3n) is 5.06. The van der Waals surface area contributed by atoms with E-state index in [0.29, 0.717) is 28.8 Å². The van der Waals surface area contributed by atoms with E-state index in [1.54, 1.807) is 45.9 Å². The highest BCUT2D eigenvalue weighted by molar-refractivity contribution is 6.02. The highest BCUT2D eigenvalue weighted by Gasteiger charge is 2.14. The van der Waals surface area contributed by atoms with Crippen molar-refractivity contribution < 1.29 is 19.0 Å². The van der Waals surface area contributed by atoms with E-state index < -0.39 is 0 Å². The number of carbonyl (C=O) groups is 1. The lowest BCUT2D eigenvalue weighted by Crippen LogP contribution is -2.05. The minimum Gasteiger partial charge on any atom is -0.493 e. The number of ether oxygens (including phenoxy) is 3. The van der Waals surface area contributed by atoms with Gasteiger partial charge in [0, 0.05) is 41.4 Å². The van der Waals surface area contributed by atoms with Gasteiger partial charge < -0.3 is 24.8 Å². The van der Waals surface area contributed by atoms with E-state index in [1.807, 2.05) is 36.4 Å². The van der Waals surface area contributed by atoms with Crippen LogP contribution in [0.25, 0.3) is 22.0 Å². The van der Waals surface area contributed by atoms with Crippen molar-refractivity contribution >= 4 is 33.9 Å². The van der Waals surface area contributed by atoms with E-state index >= 15 is 0 Å². The molecule has 0 saturated heterocycles. The van der Waals surface area contributed by atoms with Crippen LogP contribution >= 0.6 is 0 Å². The maximum Gasteiger partial charge on any atom is 0.221 e. The molecule has 1 amide bonds. The molecular formula is C25H24N4O4. The van der Waals surface area contributed by atoms with E-state index in [9.17, 15) is 4.79 Å². The van der Waals surface area contributed by atoms with Crippen molar-refractivity contribution in [1.82, 2.24) is 9.97 Å². The Morgan fingerprint density at radius 1 is 0.909 bits per heavy atom. The van der Waals surface area contributed by atoms with Gasteiger partial charge in [0.05, 0.1) is 39.4 Å². The molecular weight excluding hydrogens is 420 g/mol. The summed E-state index contributed by atoms with van der Waals surface area (Å²) >= 11 is 0. The molecule has 0 saturated carbocycles. The SMILES string of the molecule is COc1cc(Nc2cncc(-c3ccc4c(NC(C)=O)cccc4c3)n2)cc(OC)c1OC. The average molecular weight is 444 g/mol. The van der Waals surface area contributed by atoms with Crippen molar-refractivity contribution in [2.75, 3.05) is 32.0 Å². The van der Waals surface area contributed by atoms with Crippen LogP contribution in [0.2, 0.25) is 0 Å². The molecule has 2 N–H and O–H groups in total. The Hall–Kier alpha value is -4.33. The molecule has 0 aliphatic heterocycles. The Bertz CT molecular complexity index is 1300. The molecule has 0 aliphatic carbocycles. The first kappa shape index (κ1) is 21.9. The predicted octanol–water partition coefficient (Wildman–Crippen LogP) is 5.02. The van der Waals surface area contributed by atoms with Gasteiger partial charge in [-0.05, 0) is 17.5 Å². The zero-order valence-electron chi connectivity index (χ0n) is 18.8. The van der Waals surface area contributed by atoms with Gasteiger partial charge in [0.2, 0.25) is 11.7 Å². The molecule has 8 heteroatoms. The molecule has 168 valence electrons. The minimum atomic E-state index is -0.108. The average Bonchev–Trinajstić information content (AvgIpc) is 2.83. The molecule has 4 rings (SSSR count). The third-order valence-corrected chi connectivity index (χ3v) is 5.06. The summed E-state index contributed by atoms with van der Waals surface area (Å²) in [6.07, 6.45) is 3.35. The predicted molar refractivity (Wildman–Crippen MR) is 129 cm³/mol. The lowest BCUT2D eigenvalue weighted by atomic mass is 10.0. The van der Waals surface area contributed by atoms with Crippen molar-refractivity contribution in [2.24, 2.45) is 0 Å². The van der Waals surface area contributed by atoms with Gasteiger partial charge in [0.15, 0.2) is 11.5 Å². The summed E-state index contributed by atoms with van der Waals surface area (Å²) in [6.45, 7) is 1.50. The standard InChI is InChI=1S/C25H24N4O4/c1-15(30)27-20-7-5-6-16-10-17(8-9-19(16)20)21-13-26-14-24(29-21)28-18-11-22(31-2)25(33-4)23(12-18)32-3/h5-14H,1-4H3,(H,27,30)(H,28,29). The number of methoxy groups -OCH3 is 3. The van der Waals surface area contributed by atoms with Crippen LogP contribution in [0.4, 0.5) is 17.2 Å². The minimum absolute atomic E-state index is 0.108. The van der Waals surface area contributed by atoms with Crippen LogP contribution in [0, 0.1) is 0 Å². The number of fused-ring (bicyclic) bond motifs is 1. The molecule has 33 heavy (non-hydrogen) atoms. The quantitative estimate of drug-likeness (QED) is 0.413. The van der Waals surface area contributed by atoms with Gasteiger partial charge in [-0.15, -0.1) is 0 Å². The molecule has 0 aliphatic rings. The molecule has 0 radical (unpaired) electrons.